The molecule has 3 saturated heterocycles. The second-order valence-corrected chi connectivity index (χ2v) is 11.8. The lowest BCUT2D eigenvalue weighted by atomic mass is 9.66. The Morgan fingerprint density at radius 1 is 1.24 bits per heavy atom. The van der Waals surface area contributed by atoms with Crippen LogP contribution in [0.2, 0.25) is 0 Å². The van der Waals surface area contributed by atoms with Crippen LogP contribution in [0.4, 0.5) is 0 Å². The van der Waals surface area contributed by atoms with Crippen LogP contribution in [0, 0.1) is 17.8 Å². The zero-order valence-electron chi connectivity index (χ0n) is 20.5. The Bertz CT molecular complexity index is 926. The molecule has 34 heavy (non-hydrogen) atoms. The number of carbonyl (C=O) groups excluding carboxylic acids is 3. The van der Waals surface area contributed by atoms with E-state index in [9.17, 15) is 19.5 Å². The van der Waals surface area contributed by atoms with E-state index in [1.165, 1.54) is 0 Å². The number of amides is 3. The van der Waals surface area contributed by atoms with Gasteiger partial charge in [-0.25, -0.2) is 0 Å². The van der Waals surface area contributed by atoms with E-state index in [2.05, 4.69) is 17.6 Å². The van der Waals surface area contributed by atoms with Crippen LogP contribution < -0.4 is 10.6 Å². The van der Waals surface area contributed by atoms with Gasteiger partial charge >= 0.3 is 0 Å². The normalized spacial score (nSPS) is 32.7. The first kappa shape index (κ1) is 25.0. The fourth-order valence-electron chi connectivity index (χ4n) is 6.32. The van der Waals surface area contributed by atoms with Crippen molar-refractivity contribution in [1.29, 1.82) is 0 Å². The molecule has 0 radical (unpaired) electrons. The molecule has 0 saturated carbocycles. The third kappa shape index (κ3) is 4.02. The number of likely N-dealkylation sites (tertiary alicyclic amines) is 1. The van der Waals surface area contributed by atoms with E-state index in [1.54, 1.807) is 16.7 Å². The minimum absolute atomic E-state index is 0.0269. The van der Waals surface area contributed by atoms with Gasteiger partial charge in [0.05, 0.1) is 29.2 Å². The van der Waals surface area contributed by atoms with E-state index in [1.807, 2.05) is 51.1 Å². The fraction of sp³-hybridized carbons (Fsp3) is 0.654. The van der Waals surface area contributed by atoms with Crippen molar-refractivity contribution in [1.82, 2.24) is 15.5 Å². The lowest BCUT2D eigenvalue weighted by Crippen LogP contribution is -2.59. The van der Waals surface area contributed by atoms with Crippen LogP contribution >= 0.6 is 11.8 Å². The lowest BCUT2D eigenvalue weighted by molar-refractivity contribution is -0.142. The van der Waals surface area contributed by atoms with Gasteiger partial charge in [-0.15, -0.1) is 11.8 Å². The van der Waals surface area contributed by atoms with Crippen LogP contribution in [0.25, 0.3) is 0 Å². The molecule has 7 atom stereocenters. The summed E-state index contributed by atoms with van der Waals surface area (Å²) in [5.74, 6) is -1.34. The molecular formula is C26H37N3O4S. The van der Waals surface area contributed by atoms with Gasteiger partial charge in [-0.1, -0.05) is 44.2 Å². The Morgan fingerprint density at radius 3 is 2.56 bits per heavy atom. The van der Waals surface area contributed by atoms with Crippen LogP contribution in [-0.4, -0.2) is 69.0 Å². The highest BCUT2D eigenvalue weighted by atomic mass is 32.2. The first-order valence-electron chi connectivity index (χ1n) is 12.5. The lowest BCUT2D eigenvalue weighted by Gasteiger charge is -2.40. The molecule has 3 aliphatic heterocycles. The van der Waals surface area contributed by atoms with Crippen molar-refractivity contribution in [3.63, 3.8) is 0 Å². The van der Waals surface area contributed by atoms with Gasteiger partial charge in [0.25, 0.3) is 0 Å². The molecule has 1 aromatic carbocycles. The number of thioether (sulfide) groups is 1. The van der Waals surface area contributed by atoms with Gasteiger partial charge in [-0.3, -0.25) is 14.4 Å². The van der Waals surface area contributed by atoms with Gasteiger partial charge < -0.3 is 20.6 Å². The molecular weight excluding hydrogens is 450 g/mol. The Labute approximate surface area is 206 Å². The number of rotatable bonds is 9. The standard InChI is InChI=1S/C26H37N3O4S/c1-5-11-27-23(31)20-19-12-16(4)26(34-19)21(20)25(33)29(22(26)24(32)28-15(2)3)18(14-30)13-17-9-7-6-8-10-17/h6-10,15-16,18-22,30H,5,11-14H2,1-4H3,(H,27,31)(H,28,32)/t16?,18-,19-,20+,21+,22?,26?/m1/s1. The smallest absolute Gasteiger partial charge is 0.244 e. The predicted molar refractivity (Wildman–Crippen MR) is 133 cm³/mol. The molecule has 4 rings (SSSR count). The molecule has 3 amide bonds. The van der Waals surface area contributed by atoms with Gasteiger partial charge in [-0.2, -0.15) is 0 Å². The summed E-state index contributed by atoms with van der Waals surface area (Å²) in [4.78, 5) is 42.7. The fourth-order valence-corrected chi connectivity index (χ4v) is 8.73. The van der Waals surface area contributed by atoms with Crippen LogP contribution in [0.3, 0.4) is 0 Å². The second-order valence-electron chi connectivity index (χ2n) is 10.3. The summed E-state index contributed by atoms with van der Waals surface area (Å²) in [6.07, 6.45) is 2.08. The monoisotopic (exact) mass is 487 g/mol. The van der Waals surface area contributed by atoms with Gasteiger partial charge in [-0.05, 0) is 44.6 Å². The number of hydrogen-bond acceptors (Lipinski definition) is 5. The molecule has 3 fully saturated rings. The minimum atomic E-state index is -0.720. The number of fused-ring (bicyclic) bond motifs is 1. The number of aliphatic hydroxyl groups excluding tert-OH is 1. The molecule has 1 aromatic rings. The Kier molecular flexibility index (Phi) is 7.29. The molecule has 7 nitrogen and oxygen atoms in total. The highest BCUT2D eigenvalue weighted by Gasteiger charge is 2.76. The maximum atomic E-state index is 14.1. The van der Waals surface area contributed by atoms with E-state index in [0.717, 1.165) is 18.4 Å². The van der Waals surface area contributed by atoms with Crippen LogP contribution in [0.1, 0.15) is 46.1 Å². The van der Waals surface area contributed by atoms with Crippen LogP contribution in [0.5, 0.6) is 0 Å². The first-order valence-corrected chi connectivity index (χ1v) is 13.4. The van der Waals surface area contributed by atoms with Gasteiger partial charge in [0.1, 0.15) is 6.04 Å². The maximum absolute atomic E-state index is 14.1. The average Bonchev–Trinajstić information content (AvgIpc) is 3.40. The number of benzene rings is 1. The summed E-state index contributed by atoms with van der Waals surface area (Å²) in [6.45, 7) is 8.26. The van der Waals surface area contributed by atoms with Crippen molar-refractivity contribution in [2.75, 3.05) is 13.2 Å². The first-order chi connectivity index (χ1) is 16.3. The average molecular weight is 488 g/mol. The molecule has 2 bridgehead atoms. The van der Waals surface area contributed by atoms with Crippen LogP contribution in [-0.2, 0) is 20.8 Å². The Hall–Kier alpha value is -2.06. The number of nitrogens with zero attached hydrogens (tertiary/aromatic N) is 1. The Morgan fingerprint density at radius 2 is 1.94 bits per heavy atom. The highest BCUT2D eigenvalue weighted by Crippen LogP contribution is 2.68. The number of nitrogens with one attached hydrogen (secondary N) is 2. The largest absolute Gasteiger partial charge is 0.394 e. The summed E-state index contributed by atoms with van der Waals surface area (Å²) in [5, 5.41) is 16.5. The summed E-state index contributed by atoms with van der Waals surface area (Å²) in [7, 11) is 0. The molecule has 3 unspecified atom stereocenters. The van der Waals surface area contributed by atoms with Gasteiger partial charge in [0.15, 0.2) is 0 Å². The summed E-state index contributed by atoms with van der Waals surface area (Å²) < 4.78 is -0.668. The van der Waals surface area contributed by atoms with E-state index in [-0.39, 0.29) is 41.5 Å². The van der Waals surface area contributed by atoms with E-state index in [0.29, 0.717) is 13.0 Å². The van der Waals surface area contributed by atoms with Crippen molar-refractivity contribution >= 4 is 29.5 Å². The van der Waals surface area contributed by atoms with Crippen molar-refractivity contribution in [2.24, 2.45) is 17.8 Å². The number of aliphatic hydroxyl groups is 1. The van der Waals surface area contributed by atoms with Gasteiger partial charge in [0.2, 0.25) is 17.7 Å². The summed E-state index contributed by atoms with van der Waals surface area (Å²) in [6, 6.07) is 8.39. The zero-order valence-corrected chi connectivity index (χ0v) is 21.3. The molecule has 0 aromatic heterocycles. The van der Waals surface area contributed by atoms with Crippen molar-refractivity contribution in [3.8, 4) is 0 Å². The number of hydrogen-bond donors (Lipinski definition) is 3. The third-order valence-corrected chi connectivity index (χ3v) is 9.71. The van der Waals surface area contributed by atoms with Gasteiger partial charge in [0, 0.05) is 17.8 Å². The van der Waals surface area contributed by atoms with Crippen molar-refractivity contribution in [3.05, 3.63) is 35.9 Å². The number of carbonyl (C=O) groups is 3. The summed E-state index contributed by atoms with van der Waals surface area (Å²) >= 11 is 1.67. The molecule has 3 aliphatic rings. The highest BCUT2D eigenvalue weighted by molar-refractivity contribution is 8.02. The van der Waals surface area contributed by atoms with Crippen molar-refractivity contribution in [2.45, 2.75) is 75.1 Å². The quantitative estimate of drug-likeness (QED) is 0.495. The molecule has 8 heteroatoms. The Balaban J connectivity index is 1.76. The third-order valence-electron chi connectivity index (χ3n) is 7.63. The maximum Gasteiger partial charge on any atom is 0.244 e. The molecule has 0 aliphatic carbocycles. The summed E-state index contributed by atoms with van der Waals surface area (Å²) in [5.41, 5.74) is 0.995. The molecule has 3 N–H and O–H groups in total. The zero-order chi connectivity index (χ0) is 24.6. The second kappa shape index (κ2) is 9.90. The van der Waals surface area contributed by atoms with Crippen molar-refractivity contribution < 1.29 is 19.5 Å². The van der Waals surface area contributed by atoms with Crippen LogP contribution in [0.15, 0.2) is 30.3 Å². The minimum Gasteiger partial charge on any atom is -0.394 e. The van der Waals surface area contributed by atoms with E-state index < -0.39 is 28.7 Å². The molecule has 1 spiro atoms. The van der Waals surface area contributed by atoms with E-state index >= 15 is 0 Å². The topological polar surface area (TPSA) is 98.7 Å². The van der Waals surface area contributed by atoms with E-state index in [4.69, 9.17) is 0 Å². The molecule has 3 heterocycles. The molecule has 186 valence electrons. The SMILES string of the molecule is CCCNC(=O)[C@@H]1[C@H]2C(=O)N([C@@H](CO)Cc3ccccc3)C(C(=O)NC(C)C)C23S[C@@H]1CC3C. The predicted octanol–water partition coefficient (Wildman–Crippen LogP) is 1.98.